The van der Waals surface area contributed by atoms with Crippen molar-refractivity contribution < 1.29 is 31.1 Å². The summed E-state index contributed by atoms with van der Waals surface area (Å²) in [6.07, 6.45) is -6.41. The average Bonchev–Trinajstić information content (AvgIpc) is 3.36. The molecule has 0 radical (unpaired) electrons. The monoisotopic (exact) mass is 483 g/mol. The van der Waals surface area contributed by atoms with Crippen molar-refractivity contribution in [2.75, 3.05) is 0 Å². The normalized spacial score (nSPS) is 16.1. The Bertz CT molecular complexity index is 1270. The number of imidazole rings is 1. The summed E-state index contributed by atoms with van der Waals surface area (Å²) in [6.45, 7) is -1.01. The molecule has 0 saturated heterocycles. The summed E-state index contributed by atoms with van der Waals surface area (Å²) in [5.74, 6) is -0.845. The van der Waals surface area contributed by atoms with Gasteiger partial charge in [0.15, 0.2) is 11.4 Å². The Kier molecular flexibility index (Phi) is 5.80. The highest BCUT2D eigenvalue weighted by Crippen LogP contribution is 2.33. The van der Waals surface area contributed by atoms with Crippen molar-refractivity contribution in [3.05, 3.63) is 53.5 Å². The molecule has 1 unspecified atom stereocenters. The molecule has 1 atom stereocenters. The predicted molar refractivity (Wildman–Crippen MR) is 103 cm³/mol. The fraction of sp³-hybridized carbons (Fsp3) is 0.350. The maximum absolute atomic E-state index is 13.0. The van der Waals surface area contributed by atoms with Crippen LogP contribution in [0, 0.1) is 11.3 Å². The fourth-order valence-corrected chi connectivity index (χ4v) is 3.72. The molecule has 1 aliphatic rings. The zero-order valence-electron chi connectivity index (χ0n) is 17.2. The number of hydrogen-bond acceptors (Lipinski definition) is 5. The van der Waals surface area contributed by atoms with Gasteiger partial charge in [-0.1, -0.05) is 0 Å². The summed E-state index contributed by atoms with van der Waals surface area (Å²) < 4.78 is 79.2. The number of nitriles is 1. The molecule has 0 bridgehead atoms. The molecular formula is C20H15F6N7O. The molecule has 1 amide bonds. The Morgan fingerprint density at radius 3 is 2.65 bits per heavy atom. The second-order valence-corrected chi connectivity index (χ2v) is 7.57. The molecule has 3 aromatic heterocycles. The molecule has 4 heterocycles. The Hall–Kier alpha value is -3.89. The maximum atomic E-state index is 13.0. The van der Waals surface area contributed by atoms with Gasteiger partial charge in [-0.25, -0.2) is 4.98 Å². The van der Waals surface area contributed by atoms with Crippen LogP contribution in [0.5, 0.6) is 0 Å². The van der Waals surface area contributed by atoms with Crippen LogP contribution in [0.15, 0.2) is 30.7 Å². The summed E-state index contributed by atoms with van der Waals surface area (Å²) in [6, 6.07) is 4.72. The summed E-state index contributed by atoms with van der Waals surface area (Å²) in [4.78, 5) is 19.7. The lowest BCUT2D eigenvalue weighted by molar-refractivity contribution is -0.141. The van der Waals surface area contributed by atoms with E-state index in [2.05, 4.69) is 20.4 Å². The molecule has 0 saturated carbocycles. The lowest BCUT2D eigenvalue weighted by Gasteiger charge is -2.24. The van der Waals surface area contributed by atoms with Crippen molar-refractivity contribution in [2.24, 2.45) is 0 Å². The summed E-state index contributed by atoms with van der Waals surface area (Å²) >= 11 is 0. The van der Waals surface area contributed by atoms with Crippen LogP contribution in [-0.2, 0) is 19.3 Å². The molecule has 3 aromatic rings. The Morgan fingerprint density at radius 1 is 1.21 bits per heavy atom. The number of alkyl halides is 6. The molecule has 0 aliphatic carbocycles. The van der Waals surface area contributed by atoms with E-state index in [0.29, 0.717) is 29.6 Å². The number of carbonyl (C=O) groups excluding carboxylic acids is 1. The quantitative estimate of drug-likeness (QED) is 0.568. The molecule has 0 spiro atoms. The topological polar surface area (TPSA) is 101 Å². The third kappa shape index (κ3) is 4.73. The highest BCUT2D eigenvalue weighted by atomic mass is 19.4. The minimum Gasteiger partial charge on any atom is -0.342 e. The minimum atomic E-state index is -4.63. The van der Waals surface area contributed by atoms with E-state index in [9.17, 15) is 36.4 Å². The molecule has 8 nitrogen and oxygen atoms in total. The number of amides is 1. The number of fused-ring (bicyclic) bond motifs is 1. The van der Waals surface area contributed by atoms with Crippen molar-refractivity contribution in [2.45, 2.75) is 44.3 Å². The van der Waals surface area contributed by atoms with Gasteiger partial charge < -0.3 is 9.88 Å². The third-order valence-electron chi connectivity index (χ3n) is 5.19. The largest absolute Gasteiger partial charge is 0.433 e. The molecule has 178 valence electrons. The first kappa shape index (κ1) is 23.3. The summed E-state index contributed by atoms with van der Waals surface area (Å²) in [5.41, 5.74) is -1.11. The molecule has 1 aliphatic heterocycles. The number of carbonyl (C=O) groups is 1. The summed E-state index contributed by atoms with van der Waals surface area (Å²) in [5, 5.41) is 16.2. The van der Waals surface area contributed by atoms with E-state index < -0.39 is 47.9 Å². The van der Waals surface area contributed by atoms with Crippen LogP contribution < -0.4 is 5.32 Å². The van der Waals surface area contributed by atoms with E-state index in [1.165, 1.54) is 12.1 Å². The van der Waals surface area contributed by atoms with Crippen molar-refractivity contribution in [3.8, 4) is 17.3 Å². The van der Waals surface area contributed by atoms with Crippen molar-refractivity contribution in [3.63, 3.8) is 0 Å². The van der Waals surface area contributed by atoms with Gasteiger partial charge in [0.2, 0.25) is 0 Å². The SMILES string of the molecule is N#Cc1c(C(=O)NC2CCCn3nc(-c4ccnc(C(F)(F)F)c4)cc32)ncn1CC(F)(F)F. The van der Waals surface area contributed by atoms with E-state index in [1.54, 1.807) is 10.8 Å². The van der Waals surface area contributed by atoms with Crippen molar-refractivity contribution >= 4 is 5.91 Å². The second kappa shape index (κ2) is 8.47. The molecule has 4 rings (SSSR count). The highest BCUT2D eigenvalue weighted by molar-refractivity contribution is 5.94. The number of hydrogen-bond donors (Lipinski definition) is 1. The van der Waals surface area contributed by atoms with Gasteiger partial charge in [0.05, 0.1) is 23.8 Å². The van der Waals surface area contributed by atoms with E-state index in [4.69, 9.17) is 0 Å². The maximum Gasteiger partial charge on any atom is 0.433 e. The lowest BCUT2D eigenvalue weighted by atomic mass is 10.0. The molecule has 0 aromatic carbocycles. The number of pyridine rings is 1. The van der Waals surface area contributed by atoms with Crippen LogP contribution in [0.4, 0.5) is 26.3 Å². The number of rotatable bonds is 4. The Morgan fingerprint density at radius 2 is 1.97 bits per heavy atom. The van der Waals surface area contributed by atoms with Gasteiger partial charge in [-0.05, 0) is 31.0 Å². The van der Waals surface area contributed by atoms with Gasteiger partial charge in [0, 0.05) is 18.3 Å². The van der Waals surface area contributed by atoms with Crippen LogP contribution in [0.25, 0.3) is 11.3 Å². The minimum absolute atomic E-state index is 0.187. The smallest absolute Gasteiger partial charge is 0.342 e. The third-order valence-corrected chi connectivity index (χ3v) is 5.19. The second-order valence-electron chi connectivity index (χ2n) is 7.57. The number of halogens is 6. The van der Waals surface area contributed by atoms with Crippen LogP contribution in [0.1, 0.15) is 46.5 Å². The number of nitrogens with zero attached hydrogens (tertiary/aromatic N) is 6. The number of nitrogens with one attached hydrogen (secondary N) is 1. The van der Waals surface area contributed by atoms with Gasteiger partial charge in [-0.15, -0.1) is 0 Å². The van der Waals surface area contributed by atoms with Gasteiger partial charge in [0.1, 0.15) is 18.3 Å². The fourth-order valence-electron chi connectivity index (χ4n) is 3.72. The Balaban J connectivity index is 1.59. The molecule has 0 fully saturated rings. The standard InChI is InChI=1S/C20H15F6N7O/c21-19(22,23)9-32-10-29-17(15(32)8-27)18(34)30-12-2-1-5-33-14(12)7-13(31-33)11-3-4-28-16(6-11)20(24,25)26/h3-4,6-7,10,12H,1-2,5,9H2,(H,30,34). The van der Waals surface area contributed by atoms with Crippen LogP contribution in [0.3, 0.4) is 0 Å². The summed E-state index contributed by atoms with van der Waals surface area (Å²) in [7, 11) is 0. The van der Waals surface area contributed by atoms with Gasteiger partial charge in [-0.2, -0.15) is 36.7 Å². The zero-order chi connectivity index (χ0) is 24.7. The molecule has 34 heavy (non-hydrogen) atoms. The van der Waals surface area contributed by atoms with Crippen molar-refractivity contribution in [1.82, 2.24) is 29.6 Å². The van der Waals surface area contributed by atoms with E-state index in [1.807, 2.05) is 0 Å². The van der Waals surface area contributed by atoms with Gasteiger partial charge in [-0.3, -0.25) is 14.5 Å². The first-order valence-electron chi connectivity index (χ1n) is 9.90. The van der Waals surface area contributed by atoms with Crippen LogP contribution in [0.2, 0.25) is 0 Å². The molecule has 14 heteroatoms. The molecular weight excluding hydrogens is 468 g/mol. The van der Waals surface area contributed by atoms with Crippen molar-refractivity contribution in [1.29, 1.82) is 5.26 Å². The highest BCUT2D eigenvalue weighted by Gasteiger charge is 2.34. The van der Waals surface area contributed by atoms with E-state index in [-0.39, 0.29) is 11.3 Å². The Labute approximate surface area is 187 Å². The van der Waals surface area contributed by atoms with Gasteiger partial charge in [0.25, 0.3) is 5.91 Å². The van der Waals surface area contributed by atoms with Gasteiger partial charge >= 0.3 is 12.4 Å². The predicted octanol–water partition coefficient (Wildman–Crippen LogP) is 3.86. The van der Waals surface area contributed by atoms with E-state index in [0.717, 1.165) is 18.6 Å². The van der Waals surface area contributed by atoms with Crippen LogP contribution >= 0.6 is 0 Å². The molecule has 1 N–H and O–H groups in total. The van der Waals surface area contributed by atoms with Crippen LogP contribution in [-0.4, -0.2) is 36.4 Å². The average molecular weight is 483 g/mol. The lowest BCUT2D eigenvalue weighted by Crippen LogP contribution is -2.33. The first-order valence-corrected chi connectivity index (χ1v) is 9.90. The number of aromatic nitrogens is 5. The zero-order valence-corrected chi connectivity index (χ0v) is 17.2. The first-order chi connectivity index (χ1) is 16.0. The number of aryl methyl sites for hydroxylation is 1. The van der Waals surface area contributed by atoms with E-state index >= 15 is 0 Å².